The summed E-state index contributed by atoms with van der Waals surface area (Å²) in [5.41, 5.74) is 3.11. The summed E-state index contributed by atoms with van der Waals surface area (Å²) < 4.78 is 9.95. The topological polar surface area (TPSA) is 37.8 Å². The molecule has 0 saturated heterocycles. The van der Waals surface area contributed by atoms with E-state index in [0.717, 1.165) is 27.7 Å². The van der Waals surface area contributed by atoms with E-state index in [4.69, 9.17) is 0 Å². The van der Waals surface area contributed by atoms with Gasteiger partial charge in [-0.25, -0.2) is 0 Å². The number of halogens is 1. The van der Waals surface area contributed by atoms with Crippen molar-refractivity contribution < 1.29 is 0 Å². The number of hydrogen-bond donors (Lipinski definition) is 1. The molecule has 3 aromatic rings. The molecule has 0 saturated carbocycles. The Balaban J connectivity index is 1.83. The molecule has 1 aromatic carbocycles. The monoisotopic (exact) mass is 373 g/mol. The van der Waals surface area contributed by atoms with Gasteiger partial charge in [0.05, 0.1) is 0 Å². The molecule has 0 unspecified atom stereocenters. The molecule has 0 spiro atoms. The standard InChI is InChI=1S/C11H8BrN3SSe/c12-7-4-8(16-6-7)5-13-9-2-1-3-10-11(9)15-17-14-10/h1-4,6,13H,5H2. The Labute approximate surface area is 117 Å². The molecule has 0 radical (unpaired) electrons. The van der Waals surface area contributed by atoms with Crippen LogP contribution in [0.4, 0.5) is 5.69 Å². The second kappa shape index (κ2) is 4.90. The molecule has 0 amide bonds. The van der Waals surface area contributed by atoms with Crippen molar-refractivity contribution in [3.8, 4) is 0 Å². The molecular weight excluding hydrogens is 365 g/mol. The van der Waals surface area contributed by atoms with Crippen molar-refractivity contribution in [1.82, 2.24) is 7.96 Å². The number of rotatable bonds is 3. The molecule has 0 aliphatic carbocycles. The summed E-state index contributed by atoms with van der Waals surface area (Å²) in [4.78, 5) is 1.30. The van der Waals surface area contributed by atoms with Gasteiger partial charge in [0.15, 0.2) is 0 Å². The first-order chi connectivity index (χ1) is 8.33. The normalized spacial score (nSPS) is 10.9. The van der Waals surface area contributed by atoms with Gasteiger partial charge < -0.3 is 0 Å². The number of thiophene rings is 1. The Morgan fingerprint density at radius 2 is 2.29 bits per heavy atom. The number of hydrogen-bond acceptors (Lipinski definition) is 4. The van der Waals surface area contributed by atoms with E-state index in [9.17, 15) is 0 Å². The van der Waals surface area contributed by atoms with Gasteiger partial charge in [-0.3, -0.25) is 0 Å². The summed E-state index contributed by atoms with van der Waals surface area (Å²) in [6.07, 6.45) is 0. The fourth-order valence-electron chi connectivity index (χ4n) is 1.58. The molecular formula is C11H8BrN3SSe. The van der Waals surface area contributed by atoms with E-state index in [0.29, 0.717) is 0 Å². The minimum absolute atomic E-state index is 0.0338. The number of aromatic nitrogens is 2. The van der Waals surface area contributed by atoms with Crippen LogP contribution in [-0.4, -0.2) is 22.9 Å². The first kappa shape index (κ1) is 11.4. The van der Waals surface area contributed by atoms with E-state index in [-0.39, 0.29) is 15.0 Å². The van der Waals surface area contributed by atoms with Crippen molar-refractivity contribution in [3.63, 3.8) is 0 Å². The van der Waals surface area contributed by atoms with Crippen LogP contribution in [0.15, 0.2) is 34.1 Å². The molecule has 0 bridgehead atoms. The Morgan fingerprint density at radius 1 is 1.35 bits per heavy atom. The van der Waals surface area contributed by atoms with E-state index >= 15 is 0 Å². The van der Waals surface area contributed by atoms with Gasteiger partial charge >= 0.3 is 118 Å². The van der Waals surface area contributed by atoms with Gasteiger partial charge in [-0.1, -0.05) is 0 Å². The average molecular weight is 373 g/mol. The molecule has 2 heterocycles. The van der Waals surface area contributed by atoms with Crippen LogP contribution in [-0.2, 0) is 6.54 Å². The van der Waals surface area contributed by atoms with Crippen molar-refractivity contribution in [2.75, 3.05) is 5.32 Å². The van der Waals surface area contributed by atoms with Gasteiger partial charge in [0.25, 0.3) is 0 Å². The van der Waals surface area contributed by atoms with Gasteiger partial charge in [0.2, 0.25) is 0 Å². The zero-order chi connectivity index (χ0) is 11.7. The molecule has 0 atom stereocenters. The van der Waals surface area contributed by atoms with Crippen molar-refractivity contribution in [3.05, 3.63) is 39.0 Å². The van der Waals surface area contributed by atoms with E-state index in [1.54, 1.807) is 11.3 Å². The number of nitrogens with zero attached hydrogens (tertiary/aromatic N) is 2. The molecule has 1 N–H and O–H groups in total. The van der Waals surface area contributed by atoms with Crippen LogP contribution >= 0.6 is 27.3 Å². The van der Waals surface area contributed by atoms with Crippen molar-refractivity contribution in [2.45, 2.75) is 6.54 Å². The molecule has 0 fully saturated rings. The molecule has 0 aliphatic rings. The fourth-order valence-corrected chi connectivity index (χ4v) is 4.12. The van der Waals surface area contributed by atoms with Gasteiger partial charge in [-0.2, -0.15) is 0 Å². The summed E-state index contributed by atoms with van der Waals surface area (Å²) in [6, 6.07) is 8.22. The summed E-state index contributed by atoms with van der Waals surface area (Å²) >= 11 is 5.24. The Hall–Kier alpha value is -0.681. The van der Waals surface area contributed by atoms with Crippen LogP contribution in [0.3, 0.4) is 0 Å². The van der Waals surface area contributed by atoms with E-state index < -0.39 is 0 Å². The maximum atomic E-state index is 4.44. The Morgan fingerprint density at radius 3 is 3.12 bits per heavy atom. The second-order valence-electron chi connectivity index (χ2n) is 3.52. The van der Waals surface area contributed by atoms with Crippen LogP contribution in [0.5, 0.6) is 0 Å². The van der Waals surface area contributed by atoms with E-state index in [2.05, 4.69) is 46.7 Å². The summed E-state index contributed by atoms with van der Waals surface area (Å²) in [5, 5.41) is 5.51. The fraction of sp³-hybridized carbons (Fsp3) is 0.0909. The summed E-state index contributed by atoms with van der Waals surface area (Å²) in [6.45, 7) is 0.829. The van der Waals surface area contributed by atoms with Crippen LogP contribution in [0.1, 0.15) is 4.88 Å². The van der Waals surface area contributed by atoms with Crippen LogP contribution < -0.4 is 5.32 Å². The summed E-state index contributed by atoms with van der Waals surface area (Å²) in [7, 11) is 0. The maximum absolute atomic E-state index is 4.44. The number of anilines is 1. The van der Waals surface area contributed by atoms with E-state index in [1.807, 2.05) is 12.1 Å². The second-order valence-corrected chi connectivity index (χ2v) is 6.54. The quantitative estimate of drug-likeness (QED) is 0.717. The first-order valence-corrected chi connectivity index (χ1v) is 8.21. The van der Waals surface area contributed by atoms with Crippen LogP contribution in [0, 0.1) is 0 Å². The number of fused-ring (bicyclic) bond motifs is 1. The average Bonchev–Trinajstić information content (AvgIpc) is 2.94. The molecule has 17 heavy (non-hydrogen) atoms. The molecule has 86 valence electrons. The predicted molar refractivity (Wildman–Crippen MR) is 75.8 cm³/mol. The van der Waals surface area contributed by atoms with Crippen molar-refractivity contribution >= 4 is 58.9 Å². The van der Waals surface area contributed by atoms with Crippen molar-refractivity contribution in [2.24, 2.45) is 0 Å². The predicted octanol–water partition coefficient (Wildman–Crippen LogP) is 3.12. The third-order valence-corrected chi connectivity index (χ3v) is 5.20. The third-order valence-electron chi connectivity index (χ3n) is 2.36. The zero-order valence-electron chi connectivity index (χ0n) is 8.68. The zero-order valence-corrected chi connectivity index (χ0v) is 12.8. The molecule has 3 nitrogen and oxygen atoms in total. The van der Waals surface area contributed by atoms with Crippen LogP contribution in [0.2, 0.25) is 0 Å². The molecule has 0 aliphatic heterocycles. The van der Waals surface area contributed by atoms with Crippen LogP contribution in [0.25, 0.3) is 11.0 Å². The Kier molecular flexibility index (Phi) is 3.29. The summed E-state index contributed by atoms with van der Waals surface area (Å²) in [5.74, 6) is 0. The van der Waals surface area contributed by atoms with E-state index in [1.165, 1.54) is 4.88 Å². The van der Waals surface area contributed by atoms with Gasteiger partial charge in [-0.05, 0) is 0 Å². The Bertz CT molecular complexity index is 649. The molecule has 6 heteroatoms. The van der Waals surface area contributed by atoms with Crippen molar-refractivity contribution in [1.29, 1.82) is 0 Å². The van der Waals surface area contributed by atoms with Gasteiger partial charge in [0.1, 0.15) is 0 Å². The minimum atomic E-state index is 0.0338. The molecule has 2 aromatic heterocycles. The van der Waals surface area contributed by atoms with Gasteiger partial charge in [0, 0.05) is 0 Å². The first-order valence-electron chi connectivity index (χ1n) is 5.01. The van der Waals surface area contributed by atoms with Gasteiger partial charge in [-0.15, -0.1) is 0 Å². The third kappa shape index (κ3) is 2.45. The SMILES string of the molecule is Brc1csc(CNc2cccc3n[se]nc23)c1. The number of nitrogens with one attached hydrogen (secondary N) is 1. The number of benzene rings is 1. The molecule has 3 rings (SSSR count).